The topological polar surface area (TPSA) is 234 Å². The van der Waals surface area contributed by atoms with E-state index in [9.17, 15) is 14.7 Å². The molecule has 2 unspecified atom stereocenters. The quantitative estimate of drug-likeness (QED) is 0.0867. The molecule has 1 heterocycles. The molecule has 1 aromatic heterocycles. The van der Waals surface area contributed by atoms with E-state index < -0.39 is 29.5 Å². The smallest absolute Gasteiger partial charge is 0.348 e. The van der Waals surface area contributed by atoms with Gasteiger partial charge in [-0.1, -0.05) is 42.5 Å². The van der Waals surface area contributed by atoms with Crippen LogP contribution in [0.25, 0.3) is 5.69 Å². The van der Waals surface area contributed by atoms with E-state index in [0.717, 1.165) is 36.2 Å². The van der Waals surface area contributed by atoms with E-state index in [2.05, 4.69) is 10.1 Å². The first-order valence-electron chi connectivity index (χ1n) is 15.5. The number of likely N-dealkylation sites (N-methyl/N-ethyl adjacent to an activating group) is 1. The number of carbonyl (C=O) groups is 3. The standard InChI is InChI=1S/C31H36N6O5.2C2H4O2/c1-5-41-27-17-22(14-15-26(27)42-19(2)18-36(3)4)24(16-20-10-12-21(13-11-20)28(32)33)29-34-31(40)37(35-29)25-9-7-6-8-23(25)30(38)39;2*1-2(3)4/h6-15,17,19,24H,5,16,18H2,1-4H3,(H3,32,33)(H,38,39)(H,34,35,40);2*1H3,(H,3,4). The summed E-state index contributed by atoms with van der Waals surface area (Å²) in [5.74, 6) is -1.77. The number of carboxylic acids is 3. The monoisotopic (exact) mass is 692 g/mol. The van der Waals surface area contributed by atoms with E-state index >= 15 is 0 Å². The second-order valence-corrected chi connectivity index (χ2v) is 11.3. The second kappa shape index (κ2) is 19.1. The summed E-state index contributed by atoms with van der Waals surface area (Å²) in [7, 11) is 3.96. The highest BCUT2D eigenvalue weighted by molar-refractivity contribution is 5.94. The van der Waals surface area contributed by atoms with Crippen LogP contribution in [0.15, 0.2) is 71.5 Å². The van der Waals surface area contributed by atoms with Gasteiger partial charge in [0, 0.05) is 31.9 Å². The van der Waals surface area contributed by atoms with Crippen LogP contribution in [0.5, 0.6) is 11.5 Å². The van der Waals surface area contributed by atoms with Crippen LogP contribution in [0.4, 0.5) is 0 Å². The molecule has 268 valence electrons. The average Bonchev–Trinajstić information content (AvgIpc) is 3.41. The van der Waals surface area contributed by atoms with Crippen molar-refractivity contribution in [2.75, 3.05) is 27.2 Å². The fourth-order valence-electron chi connectivity index (χ4n) is 4.80. The lowest BCUT2D eigenvalue weighted by molar-refractivity contribution is -0.135. The van der Waals surface area contributed by atoms with Crippen LogP contribution in [0.3, 0.4) is 0 Å². The number of nitrogens with one attached hydrogen (secondary N) is 2. The number of rotatable bonds is 13. The minimum absolute atomic E-state index is 0.0290. The van der Waals surface area contributed by atoms with Crippen LogP contribution in [-0.4, -0.2) is 92.1 Å². The van der Waals surface area contributed by atoms with Crippen LogP contribution >= 0.6 is 0 Å². The summed E-state index contributed by atoms with van der Waals surface area (Å²) in [6.07, 6.45) is 0.358. The van der Waals surface area contributed by atoms with Crippen LogP contribution in [0, 0.1) is 5.41 Å². The molecule has 15 nitrogen and oxygen atoms in total. The van der Waals surface area contributed by atoms with E-state index in [4.69, 9.17) is 40.4 Å². The third-order valence-corrected chi connectivity index (χ3v) is 6.65. The van der Waals surface area contributed by atoms with Gasteiger partial charge in [-0.05, 0) is 69.8 Å². The van der Waals surface area contributed by atoms with Crippen molar-refractivity contribution in [3.63, 3.8) is 0 Å². The van der Waals surface area contributed by atoms with Crippen molar-refractivity contribution in [3.05, 3.63) is 105 Å². The number of ether oxygens (including phenoxy) is 2. The van der Waals surface area contributed by atoms with Gasteiger partial charge in [0.15, 0.2) is 11.5 Å². The van der Waals surface area contributed by atoms with Gasteiger partial charge in [0.2, 0.25) is 0 Å². The molecule has 0 radical (unpaired) electrons. The molecule has 15 heteroatoms. The number of nitrogens with two attached hydrogens (primary N) is 1. The highest BCUT2D eigenvalue weighted by Crippen LogP contribution is 2.35. The largest absolute Gasteiger partial charge is 0.490 e. The highest BCUT2D eigenvalue weighted by Gasteiger charge is 2.24. The van der Waals surface area contributed by atoms with E-state index in [0.29, 0.717) is 35.9 Å². The molecule has 3 aromatic carbocycles. The van der Waals surface area contributed by atoms with Crippen molar-refractivity contribution in [3.8, 4) is 17.2 Å². The number of hydrogen-bond acceptors (Lipinski definition) is 9. The SMILES string of the molecule is CC(=O)O.CC(=O)O.CCOc1cc(C(Cc2ccc(C(=N)N)cc2)c2nn(-c3ccccc3C(=O)O)c(=O)[nH]2)ccc1OC(C)CN(C)C. The Kier molecular flexibility index (Phi) is 15.4. The summed E-state index contributed by atoms with van der Waals surface area (Å²) < 4.78 is 13.2. The Bertz CT molecular complexity index is 1800. The number of aromatic amines is 1. The number of aliphatic carboxylic acids is 2. The molecule has 0 saturated heterocycles. The second-order valence-electron chi connectivity index (χ2n) is 11.3. The minimum atomic E-state index is -1.16. The number of benzene rings is 3. The molecule has 2 atom stereocenters. The third-order valence-electron chi connectivity index (χ3n) is 6.65. The summed E-state index contributed by atoms with van der Waals surface area (Å²) in [6, 6.07) is 19.2. The number of nitrogens with zero attached hydrogens (tertiary/aromatic N) is 3. The van der Waals surface area contributed by atoms with Crippen molar-refractivity contribution in [2.24, 2.45) is 5.73 Å². The molecule has 0 saturated carbocycles. The lowest BCUT2D eigenvalue weighted by Crippen LogP contribution is -2.28. The number of carboxylic acid groups (broad SMARTS) is 3. The Balaban J connectivity index is 0.000000978. The Morgan fingerprint density at radius 1 is 0.980 bits per heavy atom. The molecule has 0 aliphatic rings. The molecule has 0 bridgehead atoms. The van der Waals surface area contributed by atoms with E-state index in [1.165, 1.54) is 6.07 Å². The predicted molar refractivity (Wildman–Crippen MR) is 187 cm³/mol. The maximum atomic E-state index is 13.1. The Labute approximate surface area is 289 Å². The lowest BCUT2D eigenvalue weighted by Gasteiger charge is -2.22. The zero-order valence-electron chi connectivity index (χ0n) is 28.8. The molecule has 0 aliphatic carbocycles. The number of H-pyrrole nitrogens is 1. The van der Waals surface area contributed by atoms with Crippen molar-refractivity contribution in [1.82, 2.24) is 19.7 Å². The zero-order valence-corrected chi connectivity index (χ0v) is 28.8. The first-order valence-corrected chi connectivity index (χ1v) is 15.5. The van der Waals surface area contributed by atoms with Gasteiger partial charge in [0.1, 0.15) is 17.8 Å². The summed E-state index contributed by atoms with van der Waals surface area (Å²) in [4.78, 5) is 47.9. The average molecular weight is 693 g/mol. The Morgan fingerprint density at radius 2 is 1.58 bits per heavy atom. The van der Waals surface area contributed by atoms with Gasteiger partial charge < -0.3 is 35.4 Å². The summed E-state index contributed by atoms with van der Waals surface area (Å²) >= 11 is 0. The van der Waals surface area contributed by atoms with Crippen molar-refractivity contribution < 1.29 is 39.2 Å². The van der Waals surface area contributed by atoms with Gasteiger partial charge in [-0.2, -0.15) is 4.68 Å². The number of aromatic carboxylic acids is 1. The molecule has 0 aliphatic heterocycles. The van der Waals surface area contributed by atoms with Crippen LogP contribution in [0.2, 0.25) is 0 Å². The number of aromatic nitrogens is 3. The third kappa shape index (κ3) is 12.6. The number of hydrogen-bond donors (Lipinski definition) is 6. The van der Waals surface area contributed by atoms with Crippen LogP contribution < -0.4 is 20.9 Å². The molecular formula is C35H44N6O9. The summed E-state index contributed by atoms with van der Waals surface area (Å²) in [6.45, 7) is 7.20. The predicted octanol–water partition coefficient (Wildman–Crippen LogP) is 3.83. The van der Waals surface area contributed by atoms with Gasteiger partial charge in [-0.25, -0.2) is 9.59 Å². The first-order chi connectivity index (χ1) is 23.5. The number of nitrogen functional groups attached to an aromatic ring is 1. The summed E-state index contributed by atoms with van der Waals surface area (Å²) in [5, 5.41) is 36.8. The van der Waals surface area contributed by atoms with Crippen LogP contribution in [0.1, 0.15) is 66.5 Å². The van der Waals surface area contributed by atoms with Crippen LogP contribution in [-0.2, 0) is 16.0 Å². The van der Waals surface area contributed by atoms with Gasteiger partial charge in [0.05, 0.1) is 17.9 Å². The first kappa shape index (κ1) is 40.2. The lowest BCUT2D eigenvalue weighted by atomic mass is 9.90. The minimum Gasteiger partial charge on any atom is -0.490 e. The van der Waals surface area contributed by atoms with Crippen molar-refractivity contribution in [2.45, 2.75) is 46.1 Å². The van der Waals surface area contributed by atoms with Gasteiger partial charge in [0.25, 0.3) is 11.9 Å². The van der Waals surface area contributed by atoms with E-state index in [1.807, 2.05) is 63.2 Å². The number of para-hydroxylation sites is 1. The highest BCUT2D eigenvalue weighted by atomic mass is 16.5. The molecule has 0 amide bonds. The fraction of sp³-hybridized carbons (Fsp3) is 0.314. The Hall–Kier alpha value is -5.96. The van der Waals surface area contributed by atoms with Gasteiger partial charge in [-0.3, -0.25) is 20.0 Å². The maximum absolute atomic E-state index is 13.1. The molecule has 4 aromatic rings. The molecule has 4 rings (SSSR count). The van der Waals surface area contributed by atoms with Gasteiger partial charge >= 0.3 is 11.7 Å². The zero-order chi connectivity index (χ0) is 37.5. The number of amidine groups is 1. The normalized spacial score (nSPS) is 11.6. The molecular weight excluding hydrogens is 648 g/mol. The molecule has 0 spiro atoms. The summed E-state index contributed by atoms with van der Waals surface area (Å²) in [5.41, 5.74) is 7.54. The van der Waals surface area contributed by atoms with E-state index in [-0.39, 0.29) is 23.2 Å². The van der Waals surface area contributed by atoms with Crippen molar-refractivity contribution >= 4 is 23.7 Å². The van der Waals surface area contributed by atoms with Crippen molar-refractivity contribution in [1.29, 1.82) is 5.41 Å². The maximum Gasteiger partial charge on any atom is 0.348 e. The molecule has 0 fully saturated rings. The molecule has 7 N–H and O–H groups in total. The Morgan fingerprint density at radius 3 is 2.12 bits per heavy atom. The van der Waals surface area contributed by atoms with E-state index in [1.54, 1.807) is 30.3 Å². The fourth-order valence-corrected chi connectivity index (χ4v) is 4.80. The molecule has 50 heavy (non-hydrogen) atoms. The van der Waals surface area contributed by atoms with Gasteiger partial charge in [-0.15, -0.1) is 5.10 Å².